The molecule has 0 radical (unpaired) electrons. The van der Waals surface area contributed by atoms with Crippen LogP contribution >= 0.6 is 23.2 Å². The van der Waals surface area contributed by atoms with Gasteiger partial charge in [0.25, 0.3) is 5.91 Å². The fraction of sp³-hybridized carbons (Fsp3) is 0.474. The van der Waals surface area contributed by atoms with Crippen LogP contribution in [-0.2, 0) is 6.42 Å². The van der Waals surface area contributed by atoms with Crippen molar-refractivity contribution in [3.8, 4) is 0 Å². The smallest absolute Gasteiger partial charge is 0.275 e. The highest BCUT2D eigenvalue weighted by Gasteiger charge is 2.36. The number of carbonyl (C=O) groups is 1. The van der Waals surface area contributed by atoms with Gasteiger partial charge < -0.3 is 14.4 Å². The van der Waals surface area contributed by atoms with Crippen molar-refractivity contribution >= 4 is 40.6 Å². The first-order chi connectivity index (χ1) is 12.4. The molecule has 2 aromatic rings. The van der Waals surface area contributed by atoms with Crippen LogP contribution in [0.25, 0.3) is 0 Å². The molecule has 7 heteroatoms. The van der Waals surface area contributed by atoms with E-state index in [-0.39, 0.29) is 11.9 Å². The number of aryl methyl sites for hydroxylation is 1. The van der Waals surface area contributed by atoms with Gasteiger partial charge >= 0.3 is 0 Å². The monoisotopic (exact) mass is 394 g/mol. The third-order valence-corrected chi connectivity index (χ3v) is 5.49. The molecule has 2 heterocycles. The first-order valence-electron chi connectivity index (χ1n) is 9.01. The molecule has 0 fully saturated rings. The summed E-state index contributed by atoms with van der Waals surface area (Å²) in [6.45, 7) is 6.76. The van der Waals surface area contributed by atoms with E-state index in [0.29, 0.717) is 28.2 Å². The summed E-state index contributed by atoms with van der Waals surface area (Å²) in [5, 5.41) is 1.12. The quantitative estimate of drug-likeness (QED) is 0.690. The lowest BCUT2D eigenvalue weighted by atomic mass is 10.1. The first kappa shape index (κ1) is 19.1. The van der Waals surface area contributed by atoms with E-state index in [1.807, 2.05) is 11.0 Å². The SMILES string of the molecule is CCc1nc2c(n1C(CC)CC)C(=O)N(C)CN2c1ccc(Cl)cc1Cl. The van der Waals surface area contributed by atoms with Crippen molar-refractivity contribution < 1.29 is 4.79 Å². The molecule has 0 atom stereocenters. The number of halogens is 2. The number of benzene rings is 1. The molecule has 3 rings (SSSR count). The van der Waals surface area contributed by atoms with Crippen LogP contribution in [0.4, 0.5) is 11.5 Å². The molecule has 0 saturated carbocycles. The average molecular weight is 395 g/mol. The molecule has 0 spiro atoms. The topological polar surface area (TPSA) is 41.4 Å². The fourth-order valence-electron chi connectivity index (χ4n) is 3.56. The van der Waals surface area contributed by atoms with E-state index in [9.17, 15) is 4.79 Å². The lowest BCUT2D eigenvalue weighted by Crippen LogP contribution is -2.43. The normalized spacial score (nSPS) is 14.3. The van der Waals surface area contributed by atoms with Crippen molar-refractivity contribution in [3.63, 3.8) is 0 Å². The van der Waals surface area contributed by atoms with Crippen molar-refractivity contribution in [2.45, 2.75) is 46.1 Å². The number of rotatable bonds is 5. The van der Waals surface area contributed by atoms with Crippen molar-refractivity contribution in [2.75, 3.05) is 18.6 Å². The standard InChI is InChI=1S/C19H24Cl2N4O/c1-5-13(6-2)25-16(7-3)22-18-17(25)19(26)23(4)11-24(18)15-9-8-12(20)10-14(15)21/h8-10,13H,5-7,11H2,1-4H3. The zero-order valence-electron chi connectivity index (χ0n) is 15.6. The lowest BCUT2D eigenvalue weighted by molar-refractivity contribution is 0.0772. The van der Waals surface area contributed by atoms with Gasteiger partial charge in [0.1, 0.15) is 5.82 Å². The number of hydrogen-bond acceptors (Lipinski definition) is 3. The molecule has 0 saturated heterocycles. The summed E-state index contributed by atoms with van der Waals surface area (Å²) in [4.78, 5) is 21.5. The van der Waals surface area contributed by atoms with Crippen LogP contribution < -0.4 is 4.90 Å². The van der Waals surface area contributed by atoms with Gasteiger partial charge in [0.15, 0.2) is 11.5 Å². The van der Waals surface area contributed by atoms with Crippen LogP contribution in [-0.4, -0.2) is 34.1 Å². The van der Waals surface area contributed by atoms with Crippen molar-refractivity contribution in [2.24, 2.45) is 0 Å². The van der Waals surface area contributed by atoms with Gasteiger partial charge in [-0.05, 0) is 31.0 Å². The first-order valence-corrected chi connectivity index (χ1v) is 9.77. The van der Waals surface area contributed by atoms with Gasteiger partial charge in [-0.1, -0.05) is 44.0 Å². The van der Waals surface area contributed by atoms with Crippen molar-refractivity contribution in [1.82, 2.24) is 14.5 Å². The van der Waals surface area contributed by atoms with E-state index >= 15 is 0 Å². The molecule has 1 aromatic carbocycles. The fourth-order valence-corrected chi connectivity index (χ4v) is 4.07. The van der Waals surface area contributed by atoms with Crippen LogP contribution in [0.2, 0.25) is 10.0 Å². The molecule has 140 valence electrons. The summed E-state index contributed by atoms with van der Waals surface area (Å²) in [6, 6.07) is 5.64. The Kier molecular flexibility index (Phi) is 5.49. The van der Waals surface area contributed by atoms with E-state index in [0.717, 1.165) is 30.8 Å². The second-order valence-corrected chi connectivity index (χ2v) is 7.41. The molecule has 1 aliphatic heterocycles. The Morgan fingerprint density at radius 1 is 1.19 bits per heavy atom. The zero-order chi connectivity index (χ0) is 19.0. The Morgan fingerprint density at radius 2 is 1.88 bits per heavy atom. The highest BCUT2D eigenvalue weighted by molar-refractivity contribution is 6.36. The van der Waals surface area contributed by atoms with E-state index in [1.165, 1.54) is 0 Å². The van der Waals surface area contributed by atoms with Crippen LogP contribution in [0.3, 0.4) is 0 Å². The molecule has 0 N–H and O–H groups in total. The highest BCUT2D eigenvalue weighted by atomic mass is 35.5. The van der Waals surface area contributed by atoms with Gasteiger partial charge in [0.2, 0.25) is 0 Å². The second-order valence-electron chi connectivity index (χ2n) is 6.56. The van der Waals surface area contributed by atoms with Gasteiger partial charge in [-0.25, -0.2) is 4.98 Å². The molecule has 0 unspecified atom stereocenters. The lowest BCUT2D eigenvalue weighted by Gasteiger charge is -2.35. The predicted molar refractivity (Wildman–Crippen MR) is 107 cm³/mol. The molecule has 0 bridgehead atoms. The Morgan fingerprint density at radius 3 is 2.46 bits per heavy atom. The summed E-state index contributed by atoms with van der Waals surface area (Å²) < 4.78 is 2.13. The molecule has 1 aliphatic rings. The van der Waals surface area contributed by atoms with Gasteiger partial charge in [0.05, 0.1) is 17.4 Å². The summed E-state index contributed by atoms with van der Waals surface area (Å²) >= 11 is 12.5. The van der Waals surface area contributed by atoms with Crippen LogP contribution in [0.1, 0.15) is 56.0 Å². The average Bonchev–Trinajstić information content (AvgIpc) is 3.00. The minimum absolute atomic E-state index is 0.000404. The van der Waals surface area contributed by atoms with Crippen molar-refractivity contribution in [3.05, 3.63) is 39.8 Å². The van der Waals surface area contributed by atoms with Gasteiger partial charge in [0, 0.05) is 24.5 Å². The Hall–Kier alpha value is -1.72. The van der Waals surface area contributed by atoms with Gasteiger partial charge in [-0.15, -0.1) is 0 Å². The van der Waals surface area contributed by atoms with E-state index < -0.39 is 0 Å². The molecular formula is C19H24Cl2N4O. The number of carbonyl (C=O) groups excluding carboxylic acids is 1. The number of amides is 1. The Labute approximate surface area is 164 Å². The number of nitrogens with zero attached hydrogens (tertiary/aromatic N) is 4. The zero-order valence-corrected chi connectivity index (χ0v) is 17.1. The maximum absolute atomic E-state index is 13.0. The van der Waals surface area contributed by atoms with Crippen LogP contribution in [0.15, 0.2) is 18.2 Å². The van der Waals surface area contributed by atoms with Crippen LogP contribution in [0.5, 0.6) is 0 Å². The summed E-state index contributed by atoms with van der Waals surface area (Å²) in [6.07, 6.45) is 2.67. The Bertz CT molecular complexity index is 829. The molecule has 5 nitrogen and oxygen atoms in total. The molecule has 1 amide bonds. The maximum Gasteiger partial charge on any atom is 0.275 e. The number of fused-ring (bicyclic) bond motifs is 1. The molecule has 26 heavy (non-hydrogen) atoms. The van der Waals surface area contributed by atoms with E-state index in [4.69, 9.17) is 28.2 Å². The minimum atomic E-state index is 0.000404. The van der Waals surface area contributed by atoms with Gasteiger partial charge in [-0.2, -0.15) is 0 Å². The van der Waals surface area contributed by atoms with Crippen LogP contribution in [0, 0.1) is 0 Å². The second kappa shape index (κ2) is 7.49. The van der Waals surface area contributed by atoms with Crippen molar-refractivity contribution in [1.29, 1.82) is 0 Å². The maximum atomic E-state index is 13.0. The molecule has 0 aliphatic carbocycles. The Balaban J connectivity index is 2.22. The highest BCUT2D eigenvalue weighted by Crippen LogP contribution is 2.39. The van der Waals surface area contributed by atoms with E-state index in [1.54, 1.807) is 24.1 Å². The summed E-state index contributed by atoms with van der Waals surface area (Å²) in [5.41, 5.74) is 1.45. The largest absolute Gasteiger partial charge is 0.322 e. The number of imidazole rings is 1. The summed E-state index contributed by atoms with van der Waals surface area (Å²) in [5.74, 6) is 1.61. The molecule has 1 aromatic heterocycles. The number of hydrogen-bond donors (Lipinski definition) is 0. The minimum Gasteiger partial charge on any atom is -0.322 e. The third kappa shape index (κ3) is 3.08. The van der Waals surface area contributed by atoms with E-state index in [2.05, 4.69) is 25.3 Å². The predicted octanol–water partition coefficient (Wildman–Crippen LogP) is 5.29. The molecular weight excluding hydrogens is 371 g/mol. The number of anilines is 2. The number of aromatic nitrogens is 2. The van der Waals surface area contributed by atoms with Gasteiger partial charge in [-0.3, -0.25) is 4.79 Å². The summed E-state index contributed by atoms with van der Waals surface area (Å²) in [7, 11) is 1.80. The third-order valence-electron chi connectivity index (χ3n) is 4.95.